The number of ether oxygens (including phenoxy) is 4. The summed E-state index contributed by atoms with van der Waals surface area (Å²) in [6, 6.07) is 0. The third kappa shape index (κ3) is 10.4. The second-order valence-corrected chi connectivity index (χ2v) is 11.1. The first-order chi connectivity index (χ1) is 19.2. The van der Waals surface area contributed by atoms with Crippen LogP contribution >= 0.6 is 0 Å². The third-order valence-electron chi connectivity index (χ3n) is 7.77. The van der Waals surface area contributed by atoms with Crippen LogP contribution in [0.3, 0.4) is 0 Å². The molecule has 7 N–H and O–H groups in total. The van der Waals surface area contributed by atoms with Crippen molar-refractivity contribution >= 4 is 5.97 Å². The van der Waals surface area contributed by atoms with Crippen LogP contribution in [0.1, 0.15) is 96.8 Å². The predicted octanol–water partition coefficient (Wildman–Crippen LogP) is 0.637. The van der Waals surface area contributed by atoms with Gasteiger partial charge in [0.15, 0.2) is 6.29 Å². The summed E-state index contributed by atoms with van der Waals surface area (Å²) < 4.78 is 21.8. The molecule has 0 amide bonds. The van der Waals surface area contributed by atoms with Gasteiger partial charge in [-0.25, -0.2) is 0 Å². The van der Waals surface area contributed by atoms with E-state index in [0.717, 1.165) is 19.3 Å². The van der Waals surface area contributed by atoms with Crippen molar-refractivity contribution in [3.63, 3.8) is 0 Å². The molecule has 0 saturated carbocycles. The van der Waals surface area contributed by atoms with Gasteiger partial charge in [0.05, 0.1) is 13.2 Å². The molecule has 2 saturated heterocycles. The summed E-state index contributed by atoms with van der Waals surface area (Å²) in [7, 11) is 0. The van der Waals surface area contributed by atoms with Crippen LogP contribution in [-0.4, -0.2) is 116 Å². The van der Waals surface area contributed by atoms with E-state index in [0.29, 0.717) is 6.42 Å². The molecule has 40 heavy (non-hydrogen) atoms. The first-order valence-electron chi connectivity index (χ1n) is 15.0. The molecule has 12 nitrogen and oxygen atoms in total. The van der Waals surface area contributed by atoms with Crippen LogP contribution in [0.2, 0.25) is 0 Å². The number of unbranched alkanes of at least 4 members (excludes halogenated alkanes) is 12. The molecule has 9 atom stereocenters. The lowest BCUT2D eigenvalue weighted by Crippen LogP contribution is -2.62. The van der Waals surface area contributed by atoms with Gasteiger partial charge in [-0.1, -0.05) is 84.0 Å². The number of aliphatic hydroxyl groups excluding tert-OH is 7. The van der Waals surface area contributed by atoms with Gasteiger partial charge in [-0.3, -0.25) is 4.79 Å². The topological polar surface area (TPSA) is 196 Å². The number of carbonyl (C=O) groups is 1. The second-order valence-electron chi connectivity index (χ2n) is 11.1. The molecule has 0 radical (unpaired) electrons. The summed E-state index contributed by atoms with van der Waals surface area (Å²) in [6.45, 7) is 0.122. The highest BCUT2D eigenvalue weighted by molar-refractivity contribution is 5.69. The molecule has 2 aliphatic rings. The molecular weight excluding hydrogens is 528 g/mol. The second kappa shape index (κ2) is 18.6. The Bertz CT molecular complexity index is 694. The lowest BCUT2D eigenvalue weighted by Gasteiger charge is -2.43. The van der Waals surface area contributed by atoms with Crippen LogP contribution < -0.4 is 0 Å². The maximum absolute atomic E-state index is 12.4. The first-order valence-corrected chi connectivity index (χ1v) is 15.0. The van der Waals surface area contributed by atoms with Gasteiger partial charge < -0.3 is 54.7 Å². The molecule has 2 aliphatic heterocycles. The maximum atomic E-state index is 12.4. The van der Waals surface area contributed by atoms with Crippen molar-refractivity contribution in [1.82, 2.24) is 0 Å². The Hall–Kier alpha value is -0.930. The molecule has 0 aliphatic carbocycles. The number of aliphatic hydroxyl groups is 7. The minimum Gasteiger partial charge on any atom is -0.460 e. The molecule has 2 heterocycles. The van der Waals surface area contributed by atoms with E-state index in [1.807, 2.05) is 0 Å². The molecule has 2 rings (SSSR count). The minimum atomic E-state index is -2.24. The van der Waals surface area contributed by atoms with Crippen LogP contribution in [0.25, 0.3) is 0 Å². The molecule has 0 spiro atoms. The fourth-order valence-corrected chi connectivity index (χ4v) is 5.16. The van der Waals surface area contributed by atoms with Gasteiger partial charge in [0, 0.05) is 6.42 Å². The predicted molar refractivity (Wildman–Crippen MR) is 143 cm³/mol. The fourth-order valence-electron chi connectivity index (χ4n) is 5.16. The normalized spacial score (nSPS) is 34.3. The monoisotopic (exact) mass is 580 g/mol. The lowest BCUT2D eigenvalue weighted by atomic mass is 9.99. The van der Waals surface area contributed by atoms with E-state index in [1.165, 1.54) is 57.8 Å². The zero-order valence-electron chi connectivity index (χ0n) is 23.8. The highest BCUT2D eigenvalue weighted by Crippen LogP contribution is 2.36. The van der Waals surface area contributed by atoms with Crippen LogP contribution in [-0.2, 0) is 23.7 Å². The van der Waals surface area contributed by atoms with Gasteiger partial charge in [-0.05, 0) is 6.42 Å². The number of esters is 1. The zero-order chi connectivity index (χ0) is 29.5. The Labute approximate surface area is 237 Å². The number of hydrogen-bond donors (Lipinski definition) is 7. The Morgan fingerprint density at radius 3 is 1.73 bits per heavy atom. The molecule has 0 aromatic carbocycles. The summed E-state index contributed by atoms with van der Waals surface area (Å²) in [4.78, 5) is 12.4. The van der Waals surface area contributed by atoms with E-state index in [1.54, 1.807) is 0 Å². The van der Waals surface area contributed by atoms with Crippen molar-refractivity contribution in [1.29, 1.82) is 0 Å². The Balaban J connectivity index is 1.76. The molecule has 12 heteroatoms. The van der Waals surface area contributed by atoms with Crippen molar-refractivity contribution < 1.29 is 59.5 Å². The van der Waals surface area contributed by atoms with Gasteiger partial charge in [0.25, 0.3) is 0 Å². The van der Waals surface area contributed by atoms with Gasteiger partial charge in [0.1, 0.15) is 49.3 Å². The Morgan fingerprint density at radius 2 is 1.23 bits per heavy atom. The standard InChI is InChI=1S/C28H52O12/c1-2-3-4-5-6-7-8-9-10-11-12-13-14-15-21(31)37-18-28(26(36)23(33)20(17-30)39-28)40-27-25(35)24(34)22(32)19(16-29)38-27/h19-20,22-27,29-30,32-36H,2-18H2,1H3. The van der Waals surface area contributed by atoms with Crippen molar-refractivity contribution in [2.24, 2.45) is 0 Å². The number of carbonyl (C=O) groups excluding carboxylic acids is 1. The SMILES string of the molecule is CCCCCCCCCCCCCCCC(=O)OCC1(OC2OC(CO)C(O)C(O)C2O)OC(CO)C(O)C1O. The molecule has 2 fully saturated rings. The van der Waals surface area contributed by atoms with Crippen molar-refractivity contribution in [2.75, 3.05) is 19.8 Å². The smallest absolute Gasteiger partial charge is 0.305 e. The van der Waals surface area contributed by atoms with Crippen molar-refractivity contribution in [2.45, 2.75) is 152 Å². The van der Waals surface area contributed by atoms with Crippen LogP contribution in [0.5, 0.6) is 0 Å². The van der Waals surface area contributed by atoms with E-state index in [4.69, 9.17) is 18.9 Å². The minimum absolute atomic E-state index is 0.121. The maximum Gasteiger partial charge on any atom is 0.305 e. The molecule has 9 unspecified atom stereocenters. The van der Waals surface area contributed by atoms with Crippen LogP contribution in [0.4, 0.5) is 0 Å². The zero-order valence-corrected chi connectivity index (χ0v) is 23.8. The van der Waals surface area contributed by atoms with Gasteiger partial charge in [-0.15, -0.1) is 0 Å². The molecule has 0 aromatic heterocycles. The summed E-state index contributed by atoms with van der Waals surface area (Å²) >= 11 is 0. The average Bonchev–Trinajstić information content (AvgIpc) is 3.19. The van der Waals surface area contributed by atoms with Crippen molar-refractivity contribution in [3.8, 4) is 0 Å². The van der Waals surface area contributed by atoms with Gasteiger partial charge in [-0.2, -0.15) is 0 Å². The highest BCUT2D eigenvalue weighted by atomic mass is 16.8. The quantitative estimate of drug-likeness (QED) is 0.0785. The molecular formula is C28H52O12. The van der Waals surface area contributed by atoms with E-state index >= 15 is 0 Å². The number of hydrogen-bond acceptors (Lipinski definition) is 12. The summed E-state index contributed by atoms with van der Waals surface area (Å²) in [5.74, 6) is -2.83. The van der Waals surface area contributed by atoms with E-state index in [9.17, 15) is 40.5 Å². The van der Waals surface area contributed by atoms with E-state index in [2.05, 4.69) is 6.92 Å². The largest absolute Gasteiger partial charge is 0.460 e. The molecule has 0 bridgehead atoms. The van der Waals surface area contributed by atoms with Crippen molar-refractivity contribution in [3.05, 3.63) is 0 Å². The Morgan fingerprint density at radius 1 is 0.700 bits per heavy atom. The molecule has 0 aromatic rings. The average molecular weight is 581 g/mol. The van der Waals surface area contributed by atoms with Gasteiger partial charge >= 0.3 is 5.97 Å². The number of rotatable bonds is 20. The molecule has 236 valence electrons. The highest BCUT2D eigenvalue weighted by Gasteiger charge is 2.59. The summed E-state index contributed by atoms with van der Waals surface area (Å²) in [5.41, 5.74) is 0. The van der Waals surface area contributed by atoms with Gasteiger partial charge in [0.2, 0.25) is 5.79 Å². The summed E-state index contributed by atoms with van der Waals surface area (Å²) in [6.07, 6.45) is 2.32. The summed E-state index contributed by atoms with van der Waals surface area (Å²) in [5, 5.41) is 70.3. The Kier molecular flexibility index (Phi) is 16.4. The van der Waals surface area contributed by atoms with Crippen LogP contribution in [0.15, 0.2) is 0 Å². The van der Waals surface area contributed by atoms with Crippen LogP contribution in [0, 0.1) is 0 Å². The van der Waals surface area contributed by atoms with E-state index < -0.39 is 80.6 Å². The first kappa shape index (κ1) is 35.3. The van der Waals surface area contributed by atoms with E-state index in [-0.39, 0.29) is 6.42 Å². The fraction of sp³-hybridized carbons (Fsp3) is 0.964. The lowest BCUT2D eigenvalue weighted by molar-refractivity contribution is -0.383. The third-order valence-corrected chi connectivity index (χ3v) is 7.77.